The Hall–Kier alpha value is -1.56. The summed E-state index contributed by atoms with van der Waals surface area (Å²) in [6.07, 6.45) is 5.45. The molecule has 6 nitrogen and oxygen atoms in total. The molecule has 0 aromatic carbocycles. The van der Waals surface area contributed by atoms with Gasteiger partial charge < -0.3 is 15.0 Å². The molecule has 2 aliphatic rings. The first-order valence-corrected chi connectivity index (χ1v) is 9.24. The molecule has 3 heterocycles. The Bertz CT molecular complexity index is 546. The Labute approximate surface area is 144 Å². The summed E-state index contributed by atoms with van der Waals surface area (Å²) in [7, 11) is 0. The van der Waals surface area contributed by atoms with Gasteiger partial charge in [-0.3, -0.25) is 5.10 Å². The fourth-order valence-electron chi connectivity index (χ4n) is 4.04. The lowest BCUT2D eigenvalue weighted by Crippen LogP contribution is -2.48. The number of aromatic nitrogens is 2. The molecule has 2 N–H and O–H groups in total. The Morgan fingerprint density at radius 1 is 1.33 bits per heavy atom. The molecule has 0 radical (unpaired) electrons. The summed E-state index contributed by atoms with van der Waals surface area (Å²) in [5, 5.41) is 10.6. The van der Waals surface area contributed by atoms with E-state index in [4.69, 9.17) is 4.74 Å². The lowest BCUT2D eigenvalue weighted by Gasteiger charge is -2.32. The molecule has 1 aromatic heterocycles. The van der Waals surface area contributed by atoms with E-state index in [9.17, 15) is 4.79 Å². The molecule has 3 rings (SSSR count). The van der Waals surface area contributed by atoms with Crippen LogP contribution >= 0.6 is 0 Å². The van der Waals surface area contributed by atoms with Crippen molar-refractivity contribution in [2.45, 2.75) is 65.0 Å². The van der Waals surface area contributed by atoms with Gasteiger partial charge in [0.15, 0.2) is 0 Å². The molecule has 2 fully saturated rings. The van der Waals surface area contributed by atoms with Crippen molar-refractivity contribution in [3.05, 3.63) is 17.0 Å². The minimum absolute atomic E-state index is 0.0568. The van der Waals surface area contributed by atoms with Crippen molar-refractivity contribution in [3.8, 4) is 0 Å². The van der Waals surface area contributed by atoms with Crippen LogP contribution in [0, 0.1) is 19.8 Å². The number of urea groups is 1. The van der Waals surface area contributed by atoms with Gasteiger partial charge in [-0.05, 0) is 40.0 Å². The van der Waals surface area contributed by atoms with Crippen LogP contribution in [0.5, 0.6) is 0 Å². The fourth-order valence-corrected chi connectivity index (χ4v) is 4.04. The topological polar surface area (TPSA) is 70.2 Å². The zero-order valence-electron chi connectivity index (χ0n) is 15.1. The van der Waals surface area contributed by atoms with Gasteiger partial charge in [0.2, 0.25) is 0 Å². The standard InChI is InChI=1S/C18H30N4O2/c1-12(15-8-10-24-11-15)19-18(23)22-9-6-4-5-7-16(22)17-13(2)20-21-14(17)3/h12,15-16H,4-11H2,1-3H3,(H,19,23)(H,20,21)/t12-,15+,16+/m1/s1. The molecule has 2 amide bonds. The minimum atomic E-state index is 0.0568. The summed E-state index contributed by atoms with van der Waals surface area (Å²) in [5.41, 5.74) is 3.28. The van der Waals surface area contributed by atoms with Crippen LogP contribution in [0.4, 0.5) is 4.79 Å². The highest BCUT2D eigenvalue weighted by Gasteiger charge is 2.32. The third kappa shape index (κ3) is 3.58. The molecule has 6 heteroatoms. The van der Waals surface area contributed by atoms with Gasteiger partial charge in [-0.15, -0.1) is 0 Å². The summed E-state index contributed by atoms with van der Waals surface area (Å²) < 4.78 is 5.46. The number of hydrogen-bond acceptors (Lipinski definition) is 3. The number of H-pyrrole nitrogens is 1. The molecule has 134 valence electrons. The maximum atomic E-state index is 13.0. The van der Waals surface area contributed by atoms with Crippen molar-refractivity contribution in [1.29, 1.82) is 0 Å². The molecule has 0 saturated carbocycles. The number of carbonyl (C=O) groups excluding carboxylic acids is 1. The molecule has 0 bridgehead atoms. The van der Waals surface area contributed by atoms with E-state index in [0.717, 1.165) is 56.8 Å². The smallest absolute Gasteiger partial charge is 0.318 e. The van der Waals surface area contributed by atoms with E-state index in [2.05, 4.69) is 29.4 Å². The van der Waals surface area contributed by atoms with Gasteiger partial charge in [-0.2, -0.15) is 5.10 Å². The summed E-state index contributed by atoms with van der Waals surface area (Å²) in [4.78, 5) is 15.0. The minimum Gasteiger partial charge on any atom is -0.381 e. The van der Waals surface area contributed by atoms with Crippen LogP contribution in [-0.2, 0) is 4.74 Å². The summed E-state index contributed by atoms with van der Waals surface area (Å²) in [6.45, 7) is 8.55. The third-order valence-corrected chi connectivity index (χ3v) is 5.56. The molecule has 0 aliphatic carbocycles. The summed E-state index contributed by atoms with van der Waals surface area (Å²) >= 11 is 0. The number of nitrogens with one attached hydrogen (secondary N) is 2. The van der Waals surface area contributed by atoms with Crippen molar-refractivity contribution >= 4 is 6.03 Å². The first-order chi connectivity index (χ1) is 11.6. The van der Waals surface area contributed by atoms with Crippen molar-refractivity contribution < 1.29 is 9.53 Å². The van der Waals surface area contributed by atoms with Gasteiger partial charge in [0, 0.05) is 36.4 Å². The molecular formula is C18H30N4O2. The zero-order valence-corrected chi connectivity index (χ0v) is 15.1. The van der Waals surface area contributed by atoms with E-state index in [1.165, 1.54) is 12.0 Å². The Kier molecular flexibility index (Phi) is 5.43. The molecular weight excluding hydrogens is 304 g/mol. The van der Waals surface area contributed by atoms with E-state index < -0.39 is 0 Å². The number of nitrogens with zero attached hydrogens (tertiary/aromatic N) is 2. The Morgan fingerprint density at radius 2 is 2.17 bits per heavy atom. The van der Waals surface area contributed by atoms with Crippen molar-refractivity contribution in [2.24, 2.45) is 5.92 Å². The first-order valence-electron chi connectivity index (χ1n) is 9.24. The van der Waals surface area contributed by atoms with Crippen LogP contribution in [0.25, 0.3) is 0 Å². The molecule has 2 aliphatic heterocycles. The van der Waals surface area contributed by atoms with Gasteiger partial charge in [0.05, 0.1) is 18.3 Å². The van der Waals surface area contributed by atoms with Gasteiger partial charge in [-0.1, -0.05) is 12.8 Å². The summed E-state index contributed by atoms with van der Waals surface area (Å²) in [5.74, 6) is 0.428. The Morgan fingerprint density at radius 3 is 2.83 bits per heavy atom. The van der Waals surface area contributed by atoms with Crippen LogP contribution in [0.3, 0.4) is 0 Å². The van der Waals surface area contributed by atoms with E-state index in [1.54, 1.807) is 0 Å². The lowest BCUT2D eigenvalue weighted by molar-refractivity contribution is 0.160. The highest BCUT2D eigenvalue weighted by atomic mass is 16.5. The largest absolute Gasteiger partial charge is 0.381 e. The van der Waals surface area contributed by atoms with E-state index >= 15 is 0 Å². The molecule has 1 aromatic rings. The highest BCUT2D eigenvalue weighted by molar-refractivity contribution is 5.75. The SMILES string of the molecule is Cc1n[nH]c(C)c1[C@@H]1CCCCCN1C(=O)N[C@H](C)[C@H]1CCOC1. The highest BCUT2D eigenvalue weighted by Crippen LogP contribution is 2.33. The number of hydrogen-bond donors (Lipinski definition) is 2. The zero-order chi connectivity index (χ0) is 17.1. The number of aromatic amines is 1. The van der Waals surface area contributed by atoms with Crippen LogP contribution in [0.1, 0.15) is 62.0 Å². The van der Waals surface area contributed by atoms with Gasteiger partial charge in [0.25, 0.3) is 0 Å². The fraction of sp³-hybridized carbons (Fsp3) is 0.778. The number of aryl methyl sites for hydroxylation is 2. The first kappa shape index (κ1) is 17.3. The van der Waals surface area contributed by atoms with Gasteiger partial charge in [-0.25, -0.2) is 4.79 Å². The number of rotatable bonds is 3. The third-order valence-electron chi connectivity index (χ3n) is 5.56. The van der Waals surface area contributed by atoms with Crippen molar-refractivity contribution in [2.75, 3.05) is 19.8 Å². The van der Waals surface area contributed by atoms with Crippen LogP contribution in [0.15, 0.2) is 0 Å². The average molecular weight is 334 g/mol. The molecule has 0 unspecified atom stereocenters. The predicted molar refractivity (Wildman–Crippen MR) is 92.9 cm³/mol. The van der Waals surface area contributed by atoms with Gasteiger partial charge >= 0.3 is 6.03 Å². The average Bonchev–Trinajstić information content (AvgIpc) is 3.13. The lowest BCUT2D eigenvalue weighted by atomic mass is 9.98. The van der Waals surface area contributed by atoms with Crippen molar-refractivity contribution in [1.82, 2.24) is 20.4 Å². The number of carbonyl (C=O) groups is 1. The van der Waals surface area contributed by atoms with Crippen LogP contribution in [0.2, 0.25) is 0 Å². The molecule has 3 atom stereocenters. The second-order valence-electron chi connectivity index (χ2n) is 7.27. The monoisotopic (exact) mass is 334 g/mol. The molecule has 2 saturated heterocycles. The van der Waals surface area contributed by atoms with Crippen LogP contribution < -0.4 is 5.32 Å². The Balaban J connectivity index is 1.75. The maximum Gasteiger partial charge on any atom is 0.318 e. The van der Waals surface area contributed by atoms with E-state index in [1.807, 2.05) is 11.8 Å². The molecule has 24 heavy (non-hydrogen) atoms. The second-order valence-corrected chi connectivity index (χ2v) is 7.27. The summed E-state index contributed by atoms with van der Waals surface area (Å²) in [6, 6.07) is 0.329. The normalized spacial score (nSPS) is 26.2. The van der Waals surface area contributed by atoms with E-state index in [-0.39, 0.29) is 18.1 Å². The predicted octanol–water partition coefficient (Wildman–Crippen LogP) is 3.08. The second kappa shape index (κ2) is 7.55. The van der Waals surface area contributed by atoms with Crippen LogP contribution in [-0.4, -0.2) is 46.9 Å². The number of likely N-dealkylation sites (tertiary alicyclic amines) is 1. The maximum absolute atomic E-state index is 13.0. The van der Waals surface area contributed by atoms with E-state index in [0.29, 0.717) is 5.92 Å². The molecule has 0 spiro atoms. The quantitative estimate of drug-likeness (QED) is 0.892. The van der Waals surface area contributed by atoms with Gasteiger partial charge in [0.1, 0.15) is 0 Å². The number of ether oxygens (including phenoxy) is 1. The van der Waals surface area contributed by atoms with Crippen molar-refractivity contribution in [3.63, 3.8) is 0 Å². The number of amides is 2.